The lowest BCUT2D eigenvalue weighted by atomic mass is 10.00. The van der Waals surface area contributed by atoms with Crippen LogP contribution >= 0.6 is 11.6 Å². The van der Waals surface area contributed by atoms with Crippen LogP contribution in [0.3, 0.4) is 0 Å². The molecule has 0 saturated heterocycles. The number of carbonyl (C=O) groups is 1. The molecule has 0 atom stereocenters. The number of hydrogen-bond donors (Lipinski definition) is 0. The number of unbranched alkanes of at least 4 members (excludes halogenated alkanes) is 5. The van der Waals surface area contributed by atoms with Crippen molar-refractivity contribution in [3.05, 3.63) is 34.3 Å². The van der Waals surface area contributed by atoms with E-state index in [1.54, 1.807) is 0 Å². The lowest BCUT2D eigenvalue weighted by molar-refractivity contribution is 0.0978. The number of carbonyl (C=O) groups excluding carboxylic acids is 1. The molecule has 0 fully saturated rings. The van der Waals surface area contributed by atoms with E-state index in [0.717, 1.165) is 24.0 Å². The molecule has 2 heteroatoms. The third-order valence-corrected chi connectivity index (χ3v) is 3.73. The summed E-state index contributed by atoms with van der Waals surface area (Å²) < 4.78 is 0. The van der Waals surface area contributed by atoms with Crippen LogP contribution in [0.2, 0.25) is 5.02 Å². The van der Waals surface area contributed by atoms with Crippen LogP contribution in [-0.2, 0) is 0 Å². The summed E-state index contributed by atoms with van der Waals surface area (Å²) in [5.74, 6) is 0.227. The fraction of sp³-hybridized carbons (Fsp3) is 0.562. The molecule has 0 aliphatic rings. The van der Waals surface area contributed by atoms with Crippen LogP contribution in [0, 0.1) is 6.92 Å². The van der Waals surface area contributed by atoms with Crippen LogP contribution in [0.5, 0.6) is 0 Å². The Bertz CT molecular complexity index is 385. The third kappa shape index (κ3) is 4.81. The van der Waals surface area contributed by atoms with Crippen LogP contribution < -0.4 is 0 Å². The van der Waals surface area contributed by atoms with Gasteiger partial charge in [0, 0.05) is 17.0 Å². The van der Waals surface area contributed by atoms with Crippen LogP contribution in [0.1, 0.15) is 67.8 Å². The summed E-state index contributed by atoms with van der Waals surface area (Å²) in [7, 11) is 0. The number of rotatable bonds is 8. The largest absolute Gasteiger partial charge is 0.294 e. The fourth-order valence-electron chi connectivity index (χ4n) is 2.11. The maximum absolute atomic E-state index is 12.0. The number of ketones is 1. The normalized spacial score (nSPS) is 10.6. The van der Waals surface area contributed by atoms with Crippen LogP contribution in [0.4, 0.5) is 0 Å². The molecule has 1 nitrogen and oxygen atoms in total. The van der Waals surface area contributed by atoms with Gasteiger partial charge in [0.05, 0.1) is 0 Å². The molecule has 1 aromatic rings. The van der Waals surface area contributed by atoms with Gasteiger partial charge in [-0.05, 0) is 25.0 Å². The van der Waals surface area contributed by atoms with Crippen LogP contribution in [0.15, 0.2) is 18.2 Å². The minimum atomic E-state index is 0.227. The molecule has 1 aromatic carbocycles. The van der Waals surface area contributed by atoms with Crippen molar-refractivity contribution in [3.8, 4) is 0 Å². The first-order valence-electron chi connectivity index (χ1n) is 6.95. The van der Waals surface area contributed by atoms with Crippen molar-refractivity contribution in [1.29, 1.82) is 0 Å². The van der Waals surface area contributed by atoms with Crippen LogP contribution in [-0.4, -0.2) is 5.78 Å². The zero-order chi connectivity index (χ0) is 13.4. The topological polar surface area (TPSA) is 17.1 Å². The molecule has 0 heterocycles. The lowest BCUT2D eigenvalue weighted by Gasteiger charge is -2.06. The second kappa shape index (κ2) is 8.31. The molecule has 0 amide bonds. The average Bonchev–Trinajstić information content (AvgIpc) is 2.36. The number of halogens is 1. The van der Waals surface area contributed by atoms with E-state index in [1.807, 2.05) is 25.1 Å². The Kier molecular flexibility index (Phi) is 7.04. The molecule has 0 bridgehead atoms. The standard InChI is InChI=1S/C16H23ClO/c1-3-4-5-6-7-8-12-16(18)14-10-9-11-15(17)13(14)2/h9-11H,3-8,12H2,1-2H3. The summed E-state index contributed by atoms with van der Waals surface area (Å²) in [6, 6.07) is 5.56. The second-order valence-electron chi connectivity index (χ2n) is 4.85. The van der Waals surface area contributed by atoms with Gasteiger partial charge in [0.15, 0.2) is 5.78 Å². The maximum Gasteiger partial charge on any atom is 0.163 e. The van der Waals surface area contributed by atoms with Gasteiger partial charge >= 0.3 is 0 Å². The van der Waals surface area contributed by atoms with Crippen molar-refractivity contribution in [2.75, 3.05) is 0 Å². The van der Waals surface area contributed by atoms with E-state index in [-0.39, 0.29) is 5.78 Å². The van der Waals surface area contributed by atoms with Crippen molar-refractivity contribution < 1.29 is 4.79 Å². The van der Waals surface area contributed by atoms with Crippen molar-refractivity contribution in [3.63, 3.8) is 0 Å². The predicted molar refractivity (Wildman–Crippen MR) is 78.5 cm³/mol. The van der Waals surface area contributed by atoms with Crippen molar-refractivity contribution in [2.45, 2.75) is 58.8 Å². The van der Waals surface area contributed by atoms with E-state index in [4.69, 9.17) is 11.6 Å². The highest BCUT2D eigenvalue weighted by atomic mass is 35.5. The Labute approximate surface area is 116 Å². The molecule has 0 aliphatic heterocycles. The fourth-order valence-corrected chi connectivity index (χ4v) is 2.28. The minimum absolute atomic E-state index is 0.227. The van der Waals surface area contributed by atoms with E-state index < -0.39 is 0 Å². The van der Waals surface area contributed by atoms with E-state index in [0.29, 0.717) is 11.4 Å². The summed E-state index contributed by atoms with van der Waals surface area (Å²) >= 11 is 6.02. The molecular weight excluding hydrogens is 244 g/mol. The highest BCUT2D eigenvalue weighted by Crippen LogP contribution is 2.20. The minimum Gasteiger partial charge on any atom is -0.294 e. The Hall–Kier alpha value is -0.820. The van der Waals surface area contributed by atoms with Gasteiger partial charge in [0.25, 0.3) is 0 Å². The first-order valence-corrected chi connectivity index (χ1v) is 7.33. The van der Waals surface area contributed by atoms with Gasteiger partial charge in [0.1, 0.15) is 0 Å². The molecule has 18 heavy (non-hydrogen) atoms. The van der Waals surface area contributed by atoms with Crippen molar-refractivity contribution in [1.82, 2.24) is 0 Å². The third-order valence-electron chi connectivity index (χ3n) is 3.33. The number of hydrogen-bond acceptors (Lipinski definition) is 1. The van der Waals surface area contributed by atoms with Gasteiger partial charge < -0.3 is 0 Å². The van der Waals surface area contributed by atoms with Gasteiger partial charge in [-0.1, -0.05) is 62.8 Å². The summed E-state index contributed by atoms with van der Waals surface area (Å²) in [5.41, 5.74) is 1.70. The van der Waals surface area contributed by atoms with E-state index in [9.17, 15) is 4.79 Å². The first-order chi connectivity index (χ1) is 8.66. The van der Waals surface area contributed by atoms with Gasteiger partial charge in [-0.25, -0.2) is 0 Å². The van der Waals surface area contributed by atoms with E-state index >= 15 is 0 Å². The molecule has 0 N–H and O–H groups in total. The summed E-state index contributed by atoms with van der Waals surface area (Å²) in [6.45, 7) is 4.13. The molecule has 0 aromatic heterocycles. The highest BCUT2D eigenvalue weighted by molar-refractivity contribution is 6.31. The number of Topliss-reactive ketones (excluding diaryl/α,β-unsaturated/α-hetero) is 1. The monoisotopic (exact) mass is 266 g/mol. The molecule has 0 saturated carbocycles. The number of benzene rings is 1. The molecule has 1 rings (SSSR count). The molecule has 0 unspecified atom stereocenters. The summed E-state index contributed by atoms with van der Waals surface area (Å²) in [5, 5.41) is 0.684. The Morgan fingerprint density at radius 1 is 1.11 bits per heavy atom. The summed E-state index contributed by atoms with van der Waals surface area (Å²) in [6.07, 6.45) is 7.91. The van der Waals surface area contributed by atoms with Gasteiger partial charge in [-0.2, -0.15) is 0 Å². The Morgan fingerprint density at radius 3 is 2.50 bits per heavy atom. The zero-order valence-electron chi connectivity index (χ0n) is 11.5. The van der Waals surface area contributed by atoms with E-state index in [2.05, 4.69) is 6.92 Å². The van der Waals surface area contributed by atoms with E-state index in [1.165, 1.54) is 25.7 Å². The Balaban J connectivity index is 2.35. The smallest absolute Gasteiger partial charge is 0.163 e. The molecular formula is C16H23ClO. The zero-order valence-corrected chi connectivity index (χ0v) is 12.2. The second-order valence-corrected chi connectivity index (χ2v) is 5.26. The molecule has 100 valence electrons. The van der Waals surface area contributed by atoms with Gasteiger partial charge in [0.2, 0.25) is 0 Å². The Morgan fingerprint density at radius 2 is 1.78 bits per heavy atom. The average molecular weight is 267 g/mol. The summed E-state index contributed by atoms with van der Waals surface area (Å²) in [4.78, 5) is 12.0. The van der Waals surface area contributed by atoms with Crippen LogP contribution in [0.25, 0.3) is 0 Å². The lowest BCUT2D eigenvalue weighted by Crippen LogP contribution is -2.02. The molecule has 0 aliphatic carbocycles. The predicted octanol–water partition coefficient (Wildman–Crippen LogP) is 5.58. The van der Waals surface area contributed by atoms with Gasteiger partial charge in [-0.15, -0.1) is 0 Å². The highest BCUT2D eigenvalue weighted by Gasteiger charge is 2.10. The first kappa shape index (κ1) is 15.2. The molecule has 0 radical (unpaired) electrons. The SMILES string of the molecule is CCCCCCCCC(=O)c1cccc(Cl)c1C. The van der Waals surface area contributed by atoms with Crippen molar-refractivity contribution >= 4 is 17.4 Å². The quantitative estimate of drug-likeness (QED) is 0.443. The van der Waals surface area contributed by atoms with Gasteiger partial charge in [-0.3, -0.25) is 4.79 Å². The maximum atomic E-state index is 12.0. The van der Waals surface area contributed by atoms with Crippen molar-refractivity contribution in [2.24, 2.45) is 0 Å². The molecule has 0 spiro atoms.